The van der Waals surface area contributed by atoms with E-state index in [0.717, 1.165) is 79.6 Å². The third-order valence-electron chi connectivity index (χ3n) is 6.51. The summed E-state index contributed by atoms with van der Waals surface area (Å²) in [5.74, 6) is 3.82. The maximum Gasteiger partial charge on any atom is 0.309 e. The number of furan rings is 1. The van der Waals surface area contributed by atoms with Crippen LogP contribution < -0.4 is 23.6 Å². The van der Waals surface area contributed by atoms with E-state index in [0.29, 0.717) is 11.5 Å². The Kier molecular flexibility index (Phi) is 4.88. The molecule has 2 aliphatic rings. The maximum absolute atomic E-state index is 6.42. The Morgan fingerprint density at radius 3 is 2.68 bits per heavy atom. The van der Waals surface area contributed by atoms with Crippen molar-refractivity contribution in [1.82, 2.24) is 5.10 Å². The van der Waals surface area contributed by atoms with Crippen LogP contribution in [-0.2, 0) is 13.0 Å². The van der Waals surface area contributed by atoms with Crippen LogP contribution in [0.2, 0.25) is 0 Å². The average molecular weight is 478 g/mol. The fourth-order valence-electron chi connectivity index (χ4n) is 4.84. The van der Waals surface area contributed by atoms with Gasteiger partial charge in [-0.1, -0.05) is 11.3 Å². The molecule has 4 aromatic rings. The predicted octanol–water partition coefficient (Wildman–Crippen LogP) is 4.95. The van der Waals surface area contributed by atoms with Crippen LogP contribution in [0.4, 0.5) is 0 Å². The molecule has 0 saturated heterocycles. The first-order valence-electron chi connectivity index (χ1n) is 11.1. The number of thioether (sulfide) groups is 1. The van der Waals surface area contributed by atoms with Crippen LogP contribution in [0.3, 0.4) is 0 Å². The molecule has 0 fully saturated rings. The molecule has 2 aliphatic heterocycles. The molecule has 1 atom stereocenters. The van der Waals surface area contributed by atoms with Crippen LogP contribution in [-0.4, -0.2) is 38.3 Å². The number of nitrogens with zero attached hydrogens (tertiary/aromatic N) is 2. The lowest BCUT2D eigenvalue weighted by atomic mass is 9.98. The van der Waals surface area contributed by atoms with Gasteiger partial charge in [-0.25, -0.2) is 0 Å². The Morgan fingerprint density at radius 2 is 1.94 bits per heavy atom. The molecular weight excluding hydrogens is 452 g/mol. The van der Waals surface area contributed by atoms with E-state index in [4.69, 9.17) is 28.5 Å². The summed E-state index contributed by atoms with van der Waals surface area (Å²) in [6.45, 7) is 6.89. The molecular formula is C26H25N2O5S+. The van der Waals surface area contributed by atoms with E-state index in [1.54, 1.807) is 33.1 Å². The fourth-order valence-corrected chi connectivity index (χ4v) is 5.85. The van der Waals surface area contributed by atoms with Gasteiger partial charge in [-0.3, -0.25) is 0 Å². The summed E-state index contributed by atoms with van der Waals surface area (Å²) in [4.78, 5) is 0. The monoisotopic (exact) mass is 477 g/mol. The van der Waals surface area contributed by atoms with Gasteiger partial charge in [0, 0.05) is 34.1 Å². The molecule has 0 unspecified atom stereocenters. The minimum atomic E-state index is -0.0515. The number of hydrogen-bond donors (Lipinski definition) is 0. The molecule has 0 amide bonds. The molecule has 174 valence electrons. The second kappa shape index (κ2) is 7.84. The Bertz CT molecular complexity index is 1490. The van der Waals surface area contributed by atoms with Crippen LogP contribution in [0.15, 0.2) is 45.9 Å². The summed E-state index contributed by atoms with van der Waals surface area (Å²) in [5.41, 5.74) is 5.29. The van der Waals surface area contributed by atoms with E-state index >= 15 is 0 Å². The standard InChI is InChI=1S/C26H25N2O5S/c1-13(2)18-11-16-17(32-18)7-6-14(24(16)31-5)23-22-15-10-20(29-3)21(30-4)12-19(15)33-25(22)26-28(27-23)8-9-34-26/h6-7,10,12,18H,1,8-9,11H2,2-5H3/q+1/t18-/m1/s1. The van der Waals surface area contributed by atoms with Gasteiger partial charge in [0.1, 0.15) is 23.2 Å². The van der Waals surface area contributed by atoms with Crippen molar-refractivity contribution in [3.05, 3.63) is 42.0 Å². The van der Waals surface area contributed by atoms with Gasteiger partial charge < -0.3 is 23.4 Å². The second-order valence-corrected chi connectivity index (χ2v) is 9.60. The molecule has 0 aliphatic carbocycles. The van der Waals surface area contributed by atoms with Gasteiger partial charge in [-0.05, 0) is 42.5 Å². The van der Waals surface area contributed by atoms with Crippen molar-refractivity contribution in [2.75, 3.05) is 27.1 Å². The van der Waals surface area contributed by atoms with E-state index in [9.17, 15) is 0 Å². The van der Waals surface area contributed by atoms with Gasteiger partial charge >= 0.3 is 5.03 Å². The lowest BCUT2D eigenvalue weighted by molar-refractivity contribution is -0.776. The molecule has 7 nitrogen and oxygen atoms in total. The number of aromatic nitrogens is 2. The highest BCUT2D eigenvalue weighted by molar-refractivity contribution is 7.99. The number of methoxy groups -OCH3 is 3. The van der Waals surface area contributed by atoms with Crippen molar-refractivity contribution >= 4 is 33.7 Å². The van der Waals surface area contributed by atoms with Crippen molar-refractivity contribution < 1.29 is 28.0 Å². The normalized spacial score (nSPS) is 16.4. The second-order valence-electron chi connectivity index (χ2n) is 8.51. The lowest BCUT2D eigenvalue weighted by Crippen LogP contribution is -2.37. The van der Waals surface area contributed by atoms with Crippen LogP contribution in [0.25, 0.3) is 33.2 Å². The zero-order chi connectivity index (χ0) is 23.6. The molecule has 0 N–H and O–H groups in total. The largest absolute Gasteiger partial charge is 0.496 e. The Morgan fingerprint density at radius 1 is 1.15 bits per heavy atom. The topological polar surface area (TPSA) is 66.8 Å². The van der Waals surface area contributed by atoms with Gasteiger partial charge in [-0.2, -0.15) is 0 Å². The van der Waals surface area contributed by atoms with Crippen molar-refractivity contribution in [1.29, 1.82) is 0 Å². The number of rotatable bonds is 5. The first kappa shape index (κ1) is 21.2. The SMILES string of the molecule is C=C(C)[C@H]1Cc2c(ccc(-c3n[n+]4c(c5oc6cc(OC)c(OC)cc6c35)SCC4)c2OC)O1. The van der Waals surface area contributed by atoms with Crippen LogP contribution in [0, 0.1) is 0 Å². The number of aryl methyl sites for hydroxylation is 1. The third-order valence-corrected chi connectivity index (χ3v) is 7.56. The van der Waals surface area contributed by atoms with Crippen molar-refractivity contribution in [2.24, 2.45) is 0 Å². The Hall–Kier alpha value is -3.39. The van der Waals surface area contributed by atoms with E-state index in [1.807, 2.05) is 35.9 Å². The molecule has 0 radical (unpaired) electrons. The predicted molar refractivity (Wildman–Crippen MR) is 130 cm³/mol. The van der Waals surface area contributed by atoms with Gasteiger partial charge in [-0.15, -0.1) is 0 Å². The molecule has 34 heavy (non-hydrogen) atoms. The quantitative estimate of drug-likeness (QED) is 0.298. The number of fused-ring (bicyclic) bond motifs is 6. The zero-order valence-electron chi connectivity index (χ0n) is 19.6. The zero-order valence-corrected chi connectivity index (χ0v) is 20.4. The van der Waals surface area contributed by atoms with Gasteiger partial charge in [0.25, 0.3) is 0 Å². The summed E-state index contributed by atoms with van der Waals surface area (Å²) >= 11 is 1.75. The fraction of sp³-hybridized carbons (Fsp3) is 0.308. The van der Waals surface area contributed by atoms with E-state index < -0.39 is 0 Å². The number of benzene rings is 2. The molecule has 0 bridgehead atoms. The van der Waals surface area contributed by atoms with E-state index in [-0.39, 0.29) is 6.10 Å². The maximum atomic E-state index is 6.42. The minimum absolute atomic E-state index is 0.0515. The molecule has 0 spiro atoms. The third kappa shape index (κ3) is 2.98. The van der Waals surface area contributed by atoms with Crippen LogP contribution >= 0.6 is 11.8 Å². The van der Waals surface area contributed by atoms with E-state index in [1.165, 1.54) is 0 Å². The van der Waals surface area contributed by atoms with Gasteiger partial charge in [0.05, 0.1) is 32.5 Å². The van der Waals surface area contributed by atoms with Crippen LogP contribution in [0.1, 0.15) is 12.5 Å². The van der Waals surface area contributed by atoms with Crippen molar-refractivity contribution in [3.63, 3.8) is 0 Å². The van der Waals surface area contributed by atoms with Crippen molar-refractivity contribution in [3.8, 4) is 34.3 Å². The molecule has 0 saturated carbocycles. The Labute approximate surface area is 201 Å². The lowest BCUT2D eigenvalue weighted by Gasteiger charge is -2.12. The first-order valence-corrected chi connectivity index (χ1v) is 12.1. The summed E-state index contributed by atoms with van der Waals surface area (Å²) in [7, 11) is 4.95. The molecule has 2 aromatic heterocycles. The summed E-state index contributed by atoms with van der Waals surface area (Å²) in [6.07, 6.45) is 0.667. The van der Waals surface area contributed by atoms with Gasteiger partial charge in [0.2, 0.25) is 5.58 Å². The molecule has 8 heteroatoms. The molecule has 6 rings (SSSR count). The summed E-state index contributed by atoms with van der Waals surface area (Å²) in [6, 6.07) is 7.86. The summed E-state index contributed by atoms with van der Waals surface area (Å²) in [5, 5.41) is 7.97. The van der Waals surface area contributed by atoms with Crippen molar-refractivity contribution in [2.45, 2.75) is 31.0 Å². The molecule has 4 heterocycles. The highest BCUT2D eigenvalue weighted by Crippen LogP contribution is 2.48. The van der Waals surface area contributed by atoms with Crippen LogP contribution in [0.5, 0.6) is 23.0 Å². The average Bonchev–Trinajstić information content (AvgIpc) is 3.57. The van der Waals surface area contributed by atoms with Gasteiger partial charge in [0.15, 0.2) is 23.7 Å². The smallest absolute Gasteiger partial charge is 0.309 e. The number of hydrogen-bond acceptors (Lipinski definition) is 7. The highest BCUT2D eigenvalue weighted by Gasteiger charge is 2.35. The number of ether oxygens (including phenoxy) is 4. The first-order chi connectivity index (χ1) is 16.5. The minimum Gasteiger partial charge on any atom is -0.496 e. The Balaban J connectivity index is 1.67. The van der Waals surface area contributed by atoms with E-state index in [2.05, 4.69) is 6.58 Å². The highest BCUT2D eigenvalue weighted by atomic mass is 32.2. The molecule has 2 aromatic carbocycles. The summed E-state index contributed by atoms with van der Waals surface area (Å²) < 4.78 is 31.6.